The zero-order valence-corrected chi connectivity index (χ0v) is 17.4. The van der Waals surface area contributed by atoms with Gasteiger partial charge in [-0.1, -0.05) is 18.5 Å². The molecule has 6 heteroatoms. The maximum atomic E-state index is 5.97. The molecular weight excluding hydrogens is 378 g/mol. The first-order chi connectivity index (χ1) is 13.1. The van der Waals surface area contributed by atoms with Crippen LogP contribution in [-0.4, -0.2) is 41.1 Å². The summed E-state index contributed by atoms with van der Waals surface area (Å²) >= 11 is 11.6. The largest absolute Gasteiger partial charge is 0.467 e. The van der Waals surface area contributed by atoms with Crippen LogP contribution >= 0.6 is 23.8 Å². The van der Waals surface area contributed by atoms with E-state index in [0.717, 1.165) is 41.9 Å². The maximum absolute atomic E-state index is 5.97. The number of hydrogen-bond donors (Lipinski definition) is 1. The highest BCUT2D eigenvalue weighted by atomic mass is 35.5. The molecule has 1 N–H and O–H groups in total. The zero-order valence-electron chi connectivity index (χ0n) is 15.9. The number of likely N-dealkylation sites (tertiary alicyclic amines) is 1. The number of nitrogens with one attached hydrogen (secondary N) is 1. The Morgan fingerprint density at radius 2 is 2.15 bits per heavy atom. The van der Waals surface area contributed by atoms with Crippen LogP contribution in [0.5, 0.6) is 0 Å². The van der Waals surface area contributed by atoms with Gasteiger partial charge in [-0.15, -0.1) is 0 Å². The lowest BCUT2D eigenvalue weighted by molar-refractivity contribution is 0.177. The van der Waals surface area contributed by atoms with Crippen LogP contribution in [0.3, 0.4) is 0 Å². The number of furan rings is 1. The van der Waals surface area contributed by atoms with E-state index in [4.69, 9.17) is 28.2 Å². The summed E-state index contributed by atoms with van der Waals surface area (Å²) in [5.74, 6) is 1.73. The van der Waals surface area contributed by atoms with Crippen molar-refractivity contribution in [3.05, 3.63) is 53.4 Å². The highest BCUT2D eigenvalue weighted by molar-refractivity contribution is 7.80. The Kier molecular flexibility index (Phi) is 7.56. The second-order valence-corrected chi connectivity index (χ2v) is 8.16. The van der Waals surface area contributed by atoms with Crippen LogP contribution < -0.4 is 5.32 Å². The van der Waals surface area contributed by atoms with E-state index < -0.39 is 0 Å². The van der Waals surface area contributed by atoms with Gasteiger partial charge in [-0.05, 0) is 86.9 Å². The standard InChI is InChI=1S/C21H28ClN3OS/c1-17-5-2-11-24(15-17)12-4-13-25(16-20-6-3-14-26-20)21(27)23-19-9-7-18(22)8-10-19/h3,6-10,14,17H,2,4-5,11-13,15-16H2,1H3,(H,23,27). The van der Waals surface area contributed by atoms with Gasteiger partial charge in [-0.25, -0.2) is 0 Å². The molecule has 1 saturated heterocycles. The molecule has 0 bridgehead atoms. The zero-order chi connectivity index (χ0) is 19.1. The molecule has 2 aromatic rings. The molecule has 0 saturated carbocycles. The average Bonchev–Trinajstić information content (AvgIpc) is 3.16. The number of thiocarbonyl (C=S) groups is 1. The van der Waals surface area contributed by atoms with Crippen LogP contribution in [-0.2, 0) is 6.54 Å². The Morgan fingerprint density at radius 3 is 2.85 bits per heavy atom. The van der Waals surface area contributed by atoms with Crippen LogP contribution in [0.15, 0.2) is 47.1 Å². The number of anilines is 1. The van der Waals surface area contributed by atoms with Crippen molar-refractivity contribution in [3.63, 3.8) is 0 Å². The summed E-state index contributed by atoms with van der Waals surface area (Å²) in [6.45, 7) is 7.46. The van der Waals surface area contributed by atoms with Crippen LogP contribution in [0.2, 0.25) is 5.02 Å². The summed E-state index contributed by atoms with van der Waals surface area (Å²) < 4.78 is 5.53. The van der Waals surface area contributed by atoms with Crippen LogP contribution in [0.25, 0.3) is 0 Å². The Labute approximate surface area is 172 Å². The van der Waals surface area contributed by atoms with Crippen LogP contribution in [0.1, 0.15) is 31.9 Å². The van der Waals surface area contributed by atoms with Crippen molar-refractivity contribution in [3.8, 4) is 0 Å². The summed E-state index contributed by atoms with van der Waals surface area (Å²) in [6.07, 6.45) is 5.46. The van der Waals surface area contributed by atoms with Gasteiger partial charge in [-0.3, -0.25) is 0 Å². The number of piperidine rings is 1. The molecule has 1 aromatic heterocycles. The molecule has 3 rings (SSSR count). The van der Waals surface area contributed by atoms with E-state index in [2.05, 4.69) is 22.0 Å². The molecule has 0 spiro atoms. The van der Waals surface area contributed by atoms with E-state index in [0.29, 0.717) is 11.7 Å². The van der Waals surface area contributed by atoms with Crippen molar-refractivity contribution in [1.29, 1.82) is 0 Å². The van der Waals surface area contributed by atoms with E-state index >= 15 is 0 Å². The Morgan fingerprint density at radius 1 is 1.33 bits per heavy atom. The lowest BCUT2D eigenvalue weighted by atomic mass is 10.0. The normalized spacial score (nSPS) is 17.6. The first-order valence-electron chi connectivity index (χ1n) is 9.66. The first-order valence-corrected chi connectivity index (χ1v) is 10.4. The summed E-state index contributed by atoms with van der Waals surface area (Å²) in [6, 6.07) is 11.5. The molecule has 1 atom stereocenters. The Hall–Kier alpha value is -1.56. The minimum absolute atomic E-state index is 0.669. The summed E-state index contributed by atoms with van der Waals surface area (Å²) in [4.78, 5) is 4.76. The van der Waals surface area contributed by atoms with Crippen molar-refractivity contribution in [2.75, 3.05) is 31.5 Å². The fourth-order valence-electron chi connectivity index (χ4n) is 3.55. The highest BCUT2D eigenvalue weighted by Gasteiger charge is 2.17. The topological polar surface area (TPSA) is 31.6 Å². The quantitative estimate of drug-likeness (QED) is 0.635. The molecule has 1 fully saturated rings. The summed E-state index contributed by atoms with van der Waals surface area (Å²) in [5, 5.41) is 4.75. The monoisotopic (exact) mass is 405 g/mol. The fourth-order valence-corrected chi connectivity index (χ4v) is 3.95. The third kappa shape index (κ3) is 6.52. The lowest BCUT2D eigenvalue weighted by Crippen LogP contribution is -2.39. The third-order valence-electron chi connectivity index (χ3n) is 4.95. The number of halogens is 1. The van der Waals surface area contributed by atoms with Gasteiger partial charge in [0, 0.05) is 23.8 Å². The van der Waals surface area contributed by atoms with E-state index in [1.54, 1.807) is 6.26 Å². The van der Waals surface area contributed by atoms with Gasteiger partial charge in [0.15, 0.2) is 5.11 Å². The van der Waals surface area contributed by atoms with E-state index in [1.807, 2.05) is 36.4 Å². The van der Waals surface area contributed by atoms with Crippen molar-refractivity contribution in [1.82, 2.24) is 9.80 Å². The second-order valence-electron chi connectivity index (χ2n) is 7.34. The summed E-state index contributed by atoms with van der Waals surface area (Å²) in [7, 11) is 0. The van der Waals surface area contributed by atoms with Crippen molar-refractivity contribution in [2.45, 2.75) is 32.7 Å². The van der Waals surface area contributed by atoms with Crippen LogP contribution in [0, 0.1) is 5.92 Å². The Bertz CT molecular complexity index is 705. The van der Waals surface area contributed by atoms with E-state index in [9.17, 15) is 0 Å². The third-order valence-corrected chi connectivity index (χ3v) is 5.57. The summed E-state index contributed by atoms with van der Waals surface area (Å²) in [5.41, 5.74) is 0.943. The minimum Gasteiger partial charge on any atom is -0.467 e. The average molecular weight is 406 g/mol. The Balaban J connectivity index is 1.56. The number of nitrogens with zero attached hydrogens (tertiary/aromatic N) is 2. The smallest absolute Gasteiger partial charge is 0.173 e. The maximum Gasteiger partial charge on any atom is 0.173 e. The number of hydrogen-bond acceptors (Lipinski definition) is 3. The van der Waals surface area contributed by atoms with Gasteiger partial charge in [-0.2, -0.15) is 0 Å². The lowest BCUT2D eigenvalue weighted by Gasteiger charge is -2.32. The molecule has 4 nitrogen and oxygen atoms in total. The molecule has 1 aliphatic rings. The molecule has 1 aliphatic heterocycles. The predicted octanol–water partition coefficient (Wildman–Crippen LogP) is 5.25. The van der Waals surface area contributed by atoms with Crippen LogP contribution in [0.4, 0.5) is 5.69 Å². The van der Waals surface area contributed by atoms with E-state index in [-0.39, 0.29) is 0 Å². The van der Waals surface area contributed by atoms with Crippen molar-refractivity contribution >= 4 is 34.6 Å². The molecule has 146 valence electrons. The minimum atomic E-state index is 0.669. The van der Waals surface area contributed by atoms with Gasteiger partial charge in [0.2, 0.25) is 0 Å². The van der Waals surface area contributed by atoms with Gasteiger partial charge in [0.05, 0.1) is 12.8 Å². The molecule has 0 radical (unpaired) electrons. The molecular formula is C21H28ClN3OS. The molecule has 27 heavy (non-hydrogen) atoms. The van der Waals surface area contributed by atoms with Gasteiger partial charge in [0.1, 0.15) is 5.76 Å². The van der Waals surface area contributed by atoms with Gasteiger partial charge < -0.3 is 19.5 Å². The SMILES string of the molecule is CC1CCCN(CCCN(Cc2ccco2)C(=S)Nc2ccc(Cl)cc2)C1. The molecule has 1 aromatic carbocycles. The van der Waals surface area contributed by atoms with Crippen molar-refractivity contribution < 1.29 is 4.42 Å². The fraction of sp³-hybridized carbons (Fsp3) is 0.476. The second kappa shape index (κ2) is 10.1. The first kappa shape index (κ1) is 20.2. The number of rotatable bonds is 7. The predicted molar refractivity (Wildman–Crippen MR) is 116 cm³/mol. The highest BCUT2D eigenvalue weighted by Crippen LogP contribution is 2.17. The molecule has 1 unspecified atom stereocenters. The molecule has 2 heterocycles. The molecule has 0 aliphatic carbocycles. The van der Waals surface area contributed by atoms with E-state index in [1.165, 1.54) is 25.9 Å². The van der Waals surface area contributed by atoms with Gasteiger partial charge >= 0.3 is 0 Å². The van der Waals surface area contributed by atoms with Crippen molar-refractivity contribution in [2.24, 2.45) is 5.92 Å². The molecule has 0 amide bonds. The van der Waals surface area contributed by atoms with Gasteiger partial charge in [0.25, 0.3) is 0 Å². The number of benzene rings is 1.